The van der Waals surface area contributed by atoms with Crippen molar-refractivity contribution in [3.05, 3.63) is 41.1 Å². The Morgan fingerprint density at radius 1 is 1.18 bits per heavy atom. The van der Waals surface area contributed by atoms with E-state index in [0.717, 1.165) is 27.7 Å². The summed E-state index contributed by atoms with van der Waals surface area (Å²) in [5.74, 6) is 0.201. The molecule has 0 aliphatic carbocycles. The smallest absolute Gasteiger partial charge is 0.166 e. The average Bonchev–Trinajstić information content (AvgIpc) is 2.27. The molecule has 0 amide bonds. The number of hydrogen-bond donors (Lipinski definition) is 0. The van der Waals surface area contributed by atoms with E-state index in [2.05, 4.69) is 4.98 Å². The van der Waals surface area contributed by atoms with Gasteiger partial charge in [-0.25, -0.2) is 0 Å². The van der Waals surface area contributed by atoms with E-state index in [1.807, 2.05) is 52.0 Å². The van der Waals surface area contributed by atoms with Gasteiger partial charge in [0.1, 0.15) is 0 Å². The predicted octanol–water partition coefficient (Wildman–Crippen LogP) is 3.69. The fourth-order valence-electron chi connectivity index (χ4n) is 1.99. The zero-order valence-corrected chi connectivity index (χ0v) is 10.7. The summed E-state index contributed by atoms with van der Waals surface area (Å²) < 4.78 is 0. The summed E-state index contributed by atoms with van der Waals surface area (Å²) in [5.41, 5.74) is 3.75. The van der Waals surface area contributed by atoms with Crippen LogP contribution >= 0.6 is 0 Å². The maximum atomic E-state index is 12.2. The third-order valence-electron chi connectivity index (χ3n) is 2.88. The van der Waals surface area contributed by atoms with E-state index in [1.54, 1.807) is 0 Å². The predicted molar refractivity (Wildman–Crippen MR) is 70.4 cm³/mol. The van der Waals surface area contributed by atoms with Crippen LogP contribution in [0.25, 0.3) is 10.9 Å². The molecule has 0 aliphatic rings. The summed E-state index contributed by atoms with van der Waals surface area (Å²) in [5, 5.41) is 0.967. The van der Waals surface area contributed by atoms with Gasteiger partial charge in [0.15, 0.2) is 5.78 Å². The summed E-state index contributed by atoms with van der Waals surface area (Å²) in [6, 6.07) is 7.94. The van der Waals surface area contributed by atoms with E-state index in [1.165, 1.54) is 0 Å². The van der Waals surface area contributed by atoms with Crippen molar-refractivity contribution in [2.75, 3.05) is 0 Å². The van der Waals surface area contributed by atoms with Crippen LogP contribution in [0.5, 0.6) is 0 Å². The third kappa shape index (κ3) is 2.21. The minimum Gasteiger partial charge on any atom is -0.294 e. The maximum absolute atomic E-state index is 12.2. The Morgan fingerprint density at radius 3 is 2.53 bits per heavy atom. The van der Waals surface area contributed by atoms with Gasteiger partial charge in [0, 0.05) is 22.6 Å². The Labute approximate surface area is 102 Å². The molecule has 0 aliphatic heterocycles. The quantitative estimate of drug-likeness (QED) is 0.732. The SMILES string of the molecule is Cc1ccc2nc(C)cc(C(=O)C(C)C)c2c1. The maximum Gasteiger partial charge on any atom is 0.166 e. The highest BCUT2D eigenvalue weighted by atomic mass is 16.1. The van der Waals surface area contributed by atoms with Crippen molar-refractivity contribution in [2.24, 2.45) is 5.92 Å². The molecule has 0 saturated carbocycles. The Morgan fingerprint density at radius 2 is 1.88 bits per heavy atom. The first-order chi connectivity index (χ1) is 7.99. The Hall–Kier alpha value is -1.70. The minimum absolute atomic E-state index is 0.0144. The van der Waals surface area contributed by atoms with E-state index >= 15 is 0 Å². The van der Waals surface area contributed by atoms with Gasteiger partial charge >= 0.3 is 0 Å². The number of nitrogens with zero attached hydrogens (tertiary/aromatic N) is 1. The topological polar surface area (TPSA) is 30.0 Å². The number of aryl methyl sites for hydroxylation is 2. The molecule has 0 saturated heterocycles. The molecule has 2 aromatic rings. The fraction of sp³-hybridized carbons (Fsp3) is 0.333. The van der Waals surface area contributed by atoms with Crippen LogP contribution in [0.2, 0.25) is 0 Å². The van der Waals surface area contributed by atoms with Gasteiger partial charge in [0.2, 0.25) is 0 Å². The summed E-state index contributed by atoms with van der Waals surface area (Å²) in [6.07, 6.45) is 0. The fourth-order valence-corrected chi connectivity index (χ4v) is 1.99. The van der Waals surface area contributed by atoms with Crippen molar-refractivity contribution in [3.63, 3.8) is 0 Å². The largest absolute Gasteiger partial charge is 0.294 e. The molecule has 88 valence electrons. The molecule has 17 heavy (non-hydrogen) atoms. The number of ketones is 1. The monoisotopic (exact) mass is 227 g/mol. The molecule has 0 spiro atoms. The second-order valence-electron chi connectivity index (χ2n) is 4.85. The van der Waals surface area contributed by atoms with Gasteiger partial charge in [-0.1, -0.05) is 25.5 Å². The molecular formula is C15H17NO. The Kier molecular flexibility index (Phi) is 2.97. The number of carbonyl (C=O) groups excluding carboxylic acids is 1. The third-order valence-corrected chi connectivity index (χ3v) is 2.88. The molecular weight excluding hydrogens is 210 g/mol. The van der Waals surface area contributed by atoms with Gasteiger partial charge in [-0.2, -0.15) is 0 Å². The van der Waals surface area contributed by atoms with E-state index in [4.69, 9.17) is 0 Å². The molecule has 0 fully saturated rings. The van der Waals surface area contributed by atoms with E-state index in [9.17, 15) is 4.79 Å². The van der Waals surface area contributed by atoms with Crippen molar-refractivity contribution >= 4 is 16.7 Å². The van der Waals surface area contributed by atoms with Gasteiger partial charge < -0.3 is 0 Å². The first-order valence-corrected chi connectivity index (χ1v) is 5.91. The zero-order valence-electron chi connectivity index (χ0n) is 10.7. The van der Waals surface area contributed by atoms with Gasteiger partial charge in [0.25, 0.3) is 0 Å². The molecule has 0 bridgehead atoms. The molecule has 2 heteroatoms. The molecule has 2 rings (SSSR count). The first-order valence-electron chi connectivity index (χ1n) is 5.91. The minimum atomic E-state index is 0.0144. The van der Waals surface area contributed by atoms with Crippen molar-refractivity contribution in [2.45, 2.75) is 27.7 Å². The molecule has 1 aromatic heterocycles. The Balaban J connectivity index is 2.76. The number of fused-ring (bicyclic) bond motifs is 1. The van der Waals surface area contributed by atoms with Crippen LogP contribution in [0.15, 0.2) is 24.3 Å². The summed E-state index contributed by atoms with van der Waals surface area (Å²) >= 11 is 0. The molecule has 2 nitrogen and oxygen atoms in total. The zero-order chi connectivity index (χ0) is 12.6. The highest BCUT2D eigenvalue weighted by Crippen LogP contribution is 2.22. The molecule has 0 atom stereocenters. The van der Waals surface area contributed by atoms with Crippen molar-refractivity contribution in [1.29, 1.82) is 0 Å². The van der Waals surface area contributed by atoms with Crippen LogP contribution in [0, 0.1) is 19.8 Å². The summed E-state index contributed by atoms with van der Waals surface area (Å²) in [7, 11) is 0. The highest BCUT2D eigenvalue weighted by molar-refractivity contribution is 6.08. The van der Waals surface area contributed by atoms with E-state index in [0.29, 0.717) is 0 Å². The number of pyridine rings is 1. The number of hydrogen-bond acceptors (Lipinski definition) is 2. The lowest BCUT2D eigenvalue weighted by molar-refractivity contribution is 0.0941. The van der Waals surface area contributed by atoms with Gasteiger partial charge in [-0.15, -0.1) is 0 Å². The van der Waals surface area contributed by atoms with Gasteiger partial charge in [-0.05, 0) is 32.0 Å². The lowest BCUT2D eigenvalue weighted by atomic mass is 9.96. The van der Waals surface area contributed by atoms with Crippen LogP contribution < -0.4 is 0 Å². The van der Waals surface area contributed by atoms with E-state index < -0.39 is 0 Å². The number of Topliss-reactive ketones (excluding diaryl/α,β-unsaturated/α-hetero) is 1. The summed E-state index contributed by atoms with van der Waals surface area (Å²) in [4.78, 5) is 16.7. The van der Waals surface area contributed by atoms with Crippen molar-refractivity contribution in [3.8, 4) is 0 Å². The number of rotatable bonds is 2. The first kappa shape index (κ1) is 11.8. The molecule has 0 unspecified atom stereocenters. The van der Waals surface area contributed by atoms with Crippen LogP contribution in [0.1, 0.15) is 35.5 Å². The second kappa shape index (κ2) is 4.28. The molecule has 1 aromatic carbocycles. The lowest BCUT2D eigenvalue weighted by Gasteiger charge is -2.09. The van der Waals surface area contributed by atoms with Crippen LogP contribution in [-0.2, 0) is 0 Å². The van der Waals surface area contributed by atoms with Crippen LogP contribution in [0.3, 0.4) is 0 Å². The molecule has 1 heterocycles. The normalized spacial score (nSPS) is 11.1. The standard InChI is InChI=1S/C15H17NO/c1-9(2)15(17)13-8-11(4)16-14-6-5-10(3)7-12(13)14/h5-9H,1-4H3. The molecule has 0 radical (unpaired) electrons. The lowest BCUT2D eigenvalue weighted by Crippen LogP contribution is -2.09. The Bertz CT molecular complexity index is 585. The number of aromatic nitrogens is 1. The van der Waals surface area contributed by atoms with Gasteiger partial charge in [-0.3, -0.25) is 9.78 Å². The second-order valence-corrected chi connectivity index (χ2v) is 4.85. The van der Waals surface area contributed by atoms with Gasteiger partial charge in [0.05, 0.1) is 5.52 Å². The van der Waals surface area contributed by atoms with Crippen molar-refractivity contribution < 1.29 is 4.79 Å². The van der Waals surface area contributed by atoms with Crippen LogP contribution in [0.4, 0.5) is 0 Å². The molecule has 0 N–H and O–H groups in total. The number of benzene rings is 1. The van der Waals surface area contributed by atoms with Crippen LogP contribution in [-0.4, -0.2) is 10.8 Å². The van der Waals surface area contributed by atoms with E-state index in [-0.39, 0.29) is 11.7 Å². The van der Waals surface area contributed by atoms with Crippen molar-refractivity contribution in [1.82, 2.24) is 4.98 Å². The number of carbonyl (C=O) groups is 1. The average molecular weight is 227 g/mol. The summed E-state index contributed by atoms with van der Waals surface area (Å²) in [6.45, 7) is 7.82. The highest BCUT2D eigenvalue weighted by Gasteiger charge is 2.15.